The molecule has 0 spiro atoms. The molecule has 1 atom stereocenters. The molecule has 0 saturated carbocycles. The lowest BCUT2D eigenvalue weighted by Crippen LogP contribution is -2.31. The van der Waals surface area contributed by atoms with E-state index in [1.807, 2.05) is 19.0 Å². The number of nitrogen functional groups attached to an aromatic ring is 1. The summed E-state index contributed by atoms with van der Waals surface area (Å²) in [6, 6.07) is 5.71. The number of hydrogen-bond donors (Lipinski definition) is 2. The number of amides is 1. The maximum Gasteiger partial charge on any atom is 0.416 e. The second-order valence-electron chi connectivity index (χ2n) is 9.01. The summed E-state index contributed by atoms with van der Waals surface area (Å²) in [5.41, 5.74) is 6.03. The molecule has 2 aromatic heterocycles. The average molecular weight is 510 g/mol. The van der Waals surface area contributed by atoms with Gasteiger partial charge in [-0.2, -0.15) is 13.2 Å². The monoisotopic (exact) mass is 509 g/mol. The lowest BCUT2D eigenvalue weighted by molar-refractivity contribution is -0.138. The van der Waals surface area contributed by atoms with Gasteiger partial charge in [0, 0.05) is 61.7 Å². The summed E-state index contributed by atoms with van der Waals surface area (Å²) in [6.07, 6.45) is 2.07. The van der Waals surface area contributed by atoms with Crippen LogP contribution in [0.2, 0.25) is 0 Å². The lowest BCUT2D eigenvalue weighted by atomic mass is 10.0. The van der Waals surface area contributed by atoms with Gasteiger partial charge in [0.25, 0.3) is 5.91 Å². The predicted octanol–water partition coefficient (Wildman–Crippen LogP) is 3.26. The summed E-state index contributed by atoms with van der Waals surface area (Å²) in [4.78, 5) is 28.6. The lowest BCUT2D eigenvalue weighted by Gasteiger charge is -2.22. The molecule has 37 heavy (non-hydrogen) atoms. The fourth-order valence-electron chi connectivity index (χ4n) is 4.06. The van der Waals surface area contributed by atoms with E-state index in [0.29, 0.717) is 23.7 Å². The van der Waals surface area contributed by atoms with Crippen LogP contribution in [0.15, 0.2) is 49.1 Å². The number of nitrogens with zero attached hydrogens (tertiary/aromatic N) is 5. The Labute approximate surface area is 212 Å². The van der Waals surface area contributed by atoms with Crippen molar-refractivity contribution in [3.8, 4) is 11.8 Å². The quantitative estimate of drug-likeness (QED) is 0.510. The first-order chi connectivity index (χ1) is 17.6. The summed E-state index contributed by atoms with van der Waals surface area (Å²) >= 11 is 0. The molecule has 3 N–H and O–H groups in total. The zero-order chi connectivity index (χ0) is 26.6. The number of alkyl halides is 3. The van der Waals surface area contributed by atoms with Crippen molar-refractivity contribution in [2.24, 2.45) is 0 Å². The summed E-state index contributed by atoms with van der Waals surface area (Å²) in [5.74, 6) is 5.22. The molecule has 1 saturated heterocycles. The Bertz CT molecular complexity index is 1330. The Balaban J connectivity index is 1.49. The number of hydrogen-bond acceptors (Lipinski definition) is 7. The predicted molar refractivity (Wildman–Crippen MR) is 133 cm³/mol. The maximum atomic E-state index is 13.9. The Kier molecular flexibility index (Phi) is 7.71. The van der Waals surface area contributed by atoms with Crippen molar-refractivity contribution in [1.29, 1.82) is 0 Å². The van der Waals surface area contributed by atoms with Gasteiger partial charge in [0.1, 0.15) is 0 Å². The van der Waals surface area contributed by atoms with Crippen LogP contribution < -0.4 is 11.1 Å². The number of rotatable bonds is 5. The van der Waals surface area contributed by atoms with E-state index in [9.17, 15) is 18.0 Å². The van der Waals surface area contributed by atoms with E-state index in [2.05, 4.69) is 37.0 Å². The summed E-state index contributed by atoms with van der Waals surface area (Å²) < 4.78 is 41.7. The summed E-state index contributed by atoms with van der Waals surface area (Å²) in [6.45, 7) is 1.63. The van der Waals surface area contributed by atoms with Crippen LogP contribution in [-0.2, 0) is 12.7 Å². The molecule has 192 valence electrons. The highest BCUT2D eigenvalue weighted by Crippen LogP contribution is 2.35. The number of likely N-dealkylation sites (tertiary alicyclic amines) is 1. The second kappa shape index (κ2) is 10.9. The van der Waals surface area contributed by atoms with Gasteiger partial charge in [-0.05, 0) is 44.3 Å². The van der Waals surface area contributed by atoms with E-state index in [0.717, 1.165) is 19.0 Å². The number of pyridine rings is 1. The van der Waals surface area contributed by atoms with E-state index in [1.165, 1.54) is 43.0 Å². The highest BCUT2D eigenvalue weighted by Gasteiger charge is 2.35. The van der Waals surface area contributed by atoms with Gasteiger partial charge in [-0.15, -0.1) is 0 Å². The van der Waals surface area contributed by atoms with Crippen LogP contribution in [0, 0.1) is 11.8 Å². The Morgan fingerprint density at radius 2 is 1.86 bits per heavy atom. The zero-order valence-electron chi connectivity index (χ0n) is 20.4. The number of benzene rings is 1. The molecule has 3 aromatic rings. The molecule has 1 aromatic carbocycles. The standard InChI is InChI=1S/C26H26F3N7O/c1-35(2)22-7-8-36(16-22)15-19-5-6-21(10-23(19)26(27,28)29)34-24(37)20-9-17(11-31-14-20)3-4-18-12-32-25(30)33-13-18/h5-6,9-14,22H,7-8,15-16H2,1-2H3,(H,34,37)(H2,30,32,33)/t22-/m1/s1. The molecule has 0 bridgehead atoms. The molecule has 0 unspecified atom stereocenters. The highest BCUT2D eigenvalue weighted by atomic mass is 19.4. The van der Waals surface area contributed by atoms with Crippen molar-refractivity contribution in [2.45, 2.75) is 25.2 Å². The Morgan fingerprint density at radius 3 is 2.54 bits per heavy atom. The third kappa shape index (κ3) is 6.81. The number of carbonyl (C=O) groups is 1. The summed E-state index contributed by atoms with van der Waals surface area (Å²) in [7, 11) is 3.94. The van der Waals surface area contributed by atoms with Crippen LogP contribution in [0.4, 0.5) is 24.8 Å². The number of nitrogens with two attached hydrogens (primary N) is 1. The van der Waals surface area contributed by atoms with E-state index >= 15 is 0 Å². The van der Waals surface area contributed by atoms with Crippen LogP contribution in [0.3, 0.4) is 0 Å². The normalized spacial score (nSPS) is 15.9. The summed E-state index contributed by atoms with van der Waals surface area (Å²) in [5, 5.41) is 2.54. The molecule has 1 amide bonds. The first-order valence-corrected chi connectivity index (χ1v) is 11.5. The van der Waals surface area contributed by atoms with Gasteiger partial charge in [0.15, 0.2) is 0 Å². The third-order valence-corrected chi connectivity index (χ3v) is 6.07. The topological polar surface area (TPSA) is 100 Å². The largest absolute Gasteiger partial charge is 0.416 e. The third-order valence-electron chi connectivity index (χ3n) is 6.07. The van der Waals surface area contributed by atoms with Gasteiger partial charge in [0.05, 0.1) is 16.7 Å². The molecule has 1 fully saturated rings. The van der Waals surface area contributed by atoms with Crippen molar-refractivity contribution in [3.63, 3.8) is 0 Å². The smallest absolute Gasteiger partial charge is 0.368 e. The van der Waals surface area contributed by atoms with Crippen LogP contribution in [0.1, 0.15) is 39.0 Å². The molecule has 4 rings (SSSR count). The minimum atomic E-state index is -4.56. The number of carbonyl (C=O) groups excluding carboxylic acids is 1. The molecule has 1 aliphatic heterocycles. The highest BCUT2D eigenvalue weighted by molar-refractivity contribution is 6.04. The van der Waals surface area contributed by atoms with E-state index < -0.39 is 17.6 Å². The Hall–Kier alpha value is -4.01. The van der Waals surface area contributed by atoms with E-state index in [4.69, 9.17) is 5.73 Å². The van der Waals surface area contributed by atoms with Gasteiger partial charge in [0.2, 0.25) is 5.95 Å². The molecule has 1 aliphatic rings. The molecular formula is C26H26F3N7O. The van der Waals surface area contributed by atoms with Gasteiger partial charge in [-0.25, -0.2) is 9.97 Å². The van der Waals surface area contributed by atoms with Gasteiger partial charge in [-0.3, -0.25) is 14.7 Å². The first kappa shape index (κ1) is 26.1. The first-order valence-electron chi connectivity index (χ1n) is 11.5. The maximum absolute atomic E-state index is 13.9. The minimum Gasteiger partial charge on any atom is -0.368 e. The number of aromatic nitrogens is 3. The number of nitrogens with one attached hydrogen (secondary N) is 1. The molecule has 11 heteroatoms. The minimum absolute atomic E-state index is 0.0455. The molecule has 0 radical (unpaired) electrons. The van der Waals surface area contributed by atoms with Crippen LogP contribution >= 0.6 is 0 Å². The number of anilines is 2. The van der Waals surface area contributed by atoms with Crippen molar-refractivity contribution in [2.75, 3.05) is 38.2 Å². The fourth-order valence-corrected chi connectivity index (χ4v) is 4.06. The SMILES string of the molecule is CN(C)[C@@H]1CCN(Cc2ccc(NC(=O)c3cncc(C#Cc4cnc(N)nc4)c3)cc2C(F)(F)F)C1. The van der Waals surface area contributed by atoms with Gasteiger partial charge >= 0.3 is 6.18 Å². The van der Waals surface area contributed by atoms with Crippen LogP contribution in [0.5, 0.6) is 0 Å². The molecule has 0 aliphatic carbocycles. The van der Waals surface area contributed by atoms with Crippen molar-refractivity contribution in [1.82, 2.24) is 24.8 Å². The number of likely N-dealkylation sites (N-methyl/N-ethyl adjacent to an activating group) is 1. The van der Waals surface area contributed by atoms with Crippen LogP contribution in [-0.4, -0.2) is 63.9 Å². The zero-order valence-corrected chi connectivity index (χ0v) is 20.4. The van der Waals surface area contributed by atoms with Crippen molar-refractivity contribution in [3.05, 3.63) is 76.9 Å². The van der Waals surface area contributed by atoms with Gasteiger partial charge in [-0.1, -0.05) is 17.9 Å². The second-order valence-corrected chi connectivity index (χ2v) is 9.01. The van der Waals surface area contributed by atoms with Crippen LogP contribution in [0.25, 0.3) is 0 Å². The van der Waals surface area contributed by atoms with Crippen molar-refractivity contribution >= 4 is 17.5 Å². The van der Waals surface area contributed by atoms with E-state index in [1.54, 1.807) is 0 Å². The number of halogens is 3. The van der Waals surface area contributed by atoms with E-state index in [-0.39, 0.29) is 29.3 Å². The molecular weight excluding hydrogens is 483 g/mol. The van der Waals surface area contributed by atoms with Gasteiger partial charge < -0.3 is 16.0 Å². The Morgan fingerprint density at radius 1 is 1.14 bits per heavy atom. The van der Waals surface area contributed by atoms with Crippen molar-refractivity contribution < 1.29 is 18.0 Å². The molecule has 8 nitrogen and oxygen atoms in total. The molecule has 3 heterocycles. The average Bonchev–Trinajstić information content (AvgIpc) is 3.33. The fraction of sp³-hybridized carbons (Fsp3) is 0.308.